The third-order valence-electron chi connectivity index (χ3n) is 1.48. The lowest BCUT2D eigenvalue weighted by atomic mass is 10.1. The van der Waals surface area contributed by atoms with Crippen molar-refractivity contribution in [2.24, 2.45) is 5.73 Å². The van der Waals surface area contributed by atoms with Crippen molar-refractivity contribution in [1.29, 1.82) is 0 Å². The van der Waals surface area contributed by atoms with Crippen molar-refractivity contribution in [1.82, 2.24) is 0 Å². The van der Waals surface area contributed by atoms with E-state index in [1.165, 1.54) is 0 Å². The highest BCUT2D eigenvalue weighted by Gasteiger charge is 1.92. The molecule has 0 aromatic carbocycles. The van der Waals surface area contributed by atoms with Crippen LogP contribution in [0.4, 0.5) is 0 Å². The van der Waals surface area contributed by atoms with Gasteiger partial charge in [-0.15, -0.1) is 0 Å². The molecule has 3 heteroatoms. The average Bonchev–Trinajstić information content (AvgIpc) is 2.05. The summed E-state index contributed by atoms with van der Waals surface area (Å²) in [6.07, 6.45) is 4.20. The maximum atomic E-state index is 8.52. The lowest BCUT2D eigenvalue weighted by molar-refractivity contribution is 0.288. The summed E-state index contributed by atoms with van der Waals surface area (Å²) in [5, 5.41) is 17.0. The van der Waals surface area contributed by atoms with Gasteiger partial charge in [0.2, 0.25) is 0 Å². The van der Waals surface area contributed by atoms with Crippen molar-refractivity contribution >= 4 is 0 Å². The molecule has 11 heavy (non-hydrogen) atoms. The van der Waals surface area contributed by atoms with Gasteiger partial charge in [0.05, 0.1) is 0 Å². The average molecular weight is 159 g/mol. The van der Waals surface area contributed by atoms with Crippen LogP contribution in [0.2, 0.25) is 0 Å². The van der Waals surface area contributed by atoms with Crippen LogP contribution in [0.15, 0.2) is 11.6 Å². The SMILES string of the molecule is NCC(=CCCO)CCCO. The first-order chi connectivity index (χ1) is 5.35. The summed E-state index contributed by atoms with van der Waals surface area (Å²) in [7, 11) is 0. The highest BCUT2D eigenvalue weighted by molar-refractivity contribution is 5.03. The van der Waals surface area contributed by atoms with Gasteiger partial charge in [0.25, 0.3) is 0 Å². The van der Waals surface area contributed by atoms with Gasteiger partial charge in [-0.1, -0.05) is 11.6 Å². The molecule has 0 aliphatic heterocycles. The minimum absolute atomic E-state index is 0.169. The van der Waals surface area contributed by atoms with Crippen molar-refractivity contribution in [3.8, 4) is 0 Å². The molecule has 0 saturated carbocycles. The minimum Gasteiger partial charge on any atom is -0.396 e. The molecule has 0 aliphatic carbocycles. The molecule has 0 fully saturated rings. The maximum Gasteiger partial charge on any atom is 0.0465 e. The first-order valence-corrected chi connectivity index (χ1v) is 3.94. The first-order valence-electron chi connectivity index (χ1n) is 3.94. The van der Waals surface area contributed by atoms with E-state index in [4.69, 9.17) is 15.9 Å². The molecule has 0 bridgehead atoms. The molecule has 0 rings (SSSR count). The second-order valence-corrected chi connectivity index (χ2v) is 2.41. The van der Waals surface area contributed by atoms with Crippen molar-refractivity contribution in [3.05, 3.63) is 11.6 Å². The van der Waals surface area contributed by atoms with Crippen LogP contribution in [0.25, 0.3) is 0 Å². The Kier molecular flexibility index (Phi) is 7.46. The quantitative estimate of drug-likeness (QED) is 0.479. The highest BCUT2D eigenvalue weighted by atomic mass is 16.3. The number of nitrogens with two attached hydrogens (primary N) is 1. The number of aliphatic hydroxyl groups is 2. The van der Waals surface area contributed by atoms with E-state index in [2.05, 4.69) is 0 Å². The van der Waals surface area contributed by atoms with Gasteiger partial charge < -0.3 is 15.9 Å². The van der Waals surface area contributed by atoms with E-state index in [0.29, 0.717) is 13.0 Å². The van der Waals surface area contributed by atoms with E-state index in [1.807, 2.05) is 6.08 Å². The highest BCUT2D eigenvalue weighted by Crippen LogP contribution is 2.03. The van der Waals surface area contributed by atoms with Crippen molar-refractivity contribution in [3.63, 3.8) is 0 Å². The number of rotatable bonds is 6. The van der Waals surface area contributed by atoms with Crippen LogP contribution in [0.3, 0.4) is 0 Å². The second-order valence-electron chi connectivity index (χ2n) is 2.41. The Morgan fingerprint density at radius 3 is 2.45 bits per heavy atom. The third-order valence-corrected chi connectivity index (χ3v) is 1.48. The van der Waals surface area contributed by atoms with Crippen molar-refractivity contribution in [2.45, 2.75) is 19.3 Å². The fourth-order valence-electron chi connectivity index (χ4n) is 0.862. The summed E-state index contributed by atoms with van der Waals surface area (Å²) in [4.78, 5) is 0. The zero-order chi connectivity index (χ0) is 8.53. The van der Waals surface area contributed by atoms with Gasteiger partial charge in [-0.25, -0.2) is 0 Å². The van der Waals surface area contributed by atoms with Crippen LogP contribution in [-0.2, 0) is 0 Å². The molecule has 0 radical (unpaired) electrons. The molecule has 0 aromatic rings. The van der Waals surface area contributed by atoms with Crippen molar-refractivity contribution < 1.29 is 10.2 Å². The third kappa shape index (κ3) is 6.04. The molecule has 4 N–H and O–H groups in total. The van der Waals surface area contributed by atoms with Crippen LogP contribution in [0, 0.1) is 0 Å². The smallest absolute Gasteiger partial charge is 0.0465 e. The molecule has 0 heterocycles. The molecular weight excluding hydrogens is 142 g/mol. The van der Waals surface area contributed by atoms with E-state index in [0.717, 1.165) is 18.4 Å². The molecule has 0 atom stereocenters. The van der Waals surface area contributed by atoms with Gasteiger partial charge in [0.1, 0.15) is 0 Å². The Morgan fingerprint density at radius 1 is 1.27 bits per heavy atom. The van der Waals surface area contributed by atoms with Gasteiger partial charge in [0.15, 0.2) is 0 Å². The molecule has 0 spiro atoms. The largest absolute Gasteiger partial charge is 0.396 e. The molecule has 0 unspecified atom stereocenters. The Hall–Kier alpha value is -0.380. The molecule has 0 aromatic heterocycles. The van der Waals surface area contributed by atoms with Crippen LogP contribution in [0.5, 0.6) is 0 Å². The van der Waals surface area contributed by atoms with Gasteiger partial charge in [-0.05, 0) is 19.3 Å². The van der Waals surface area contributed by atoms with E-state index in [9.17, 15) is 0 Å². The molecular formula is C8H17NO2. The summed E-state index contributed by atoms with van der Waals surface area (Å²) in [5.41, 5.74) is 6.54. The Bertz CT molecular complexity index is 113. The standard InChI is InChI=1S/C8H17NO2/c9-7-8(3-1-5-10)4-2-6-11/h3,10-11H,1-2,4-7,9H2. The Morgan fingerprint density at radius 2 is 2.00 bits per heavy atom. The summed E-state index contributed by atoms with van der Waals surface area (Å²) >= 11 is 0. The minimum atomic E-state index is 0.169. The van der Waals surface area contributed by atoms with Gasteiger partial charge in [-0.2, -0.15) is 0 Å². The summed E-state index contributed by atoms with van der Waals surface area (Å²) in [6.45, 7) is 0.902. The number of aliphatic hydroxyl groups excluding tert-OH is 2. The summed E-state index contributed by atoms with van der Waals surface area (Å²) in [5.74, 6) is 0. The zero-order valence-corrected chi connectivity index (χ0v) is 6.79. The lowest BCUT2D eigenvalue weighted by Crippen LogP contribution is -2.04. The molecule has 0 aliphatic rings. The fourth-order valence-corrected chi connectivity index (χ4v) is 0.862. The van der Waals surface area contributed by atoms with Gasteiger partial charge in [0, 0.05) is 19.8 Å². The van der Waals surface area contributed by atoms with E-state index >= 15 is 0 Å². The fraction of sp³-hybridized carbons (Fsp3) is 0.750. The topological polar surface area (TPSA) is 66.5 Å². The van der Waals surface area contributed by atoms with Gasteiger partial charge >= 0.3 is 0 Å². The number of hydrogen-bond donors (Lipinski definition) is 3. The molecule has 3 nitrogen and oxygen atoms in total. The van der Waals surface area contributed by atoms with Crippen molar-refractivity contribution in [2.75, 3.05) is 19.8 Å². The molecule has 0 amide bonds. The monoisotopic (exact) mass is 159 g/mol. The zero-order valence-electron chi connectivity index (χ0n) is 6.79. The number of hydrogen-bond acceptors (Lipinski definition) is 3. The van der Waals surface area contributed by atoms with Gasteiger partial charge in [-0.3, -0.25) is 0 Å². The van der Waals surface area contributed by atoms with Crippen LogP contribution in [0.1, 0.15) is 19.3 Å². The first kappa shape index (κ1) is 10.6. The lowest BCUT2D eigenvalue weighted by Gasteiger charge is -2.01. The maximum absolute atomic E-state index is 8.52. The summed E-state index contributed by atoms with van der Waals surface area (Å²) in [6, 6.07) is 0. The normalized spacial score (nSPS) is 12.1. The van der Waals surface area contributed by atoms with Crippen LogP contribution in [-0.4, -0.2) is 30.0 Å². The Labute approximate surface area is 67.5 Å². The summed E-state index contributed by atoms with van der Waals surface area (Å²) < 4.78 is 0. The predicted molar refractivity (Wildman–Crippen MR) is 45.2 cm³/mol. The molecule has 0 saturated heterocycles. The van der Waals surface area contributed by atoms with Crippen LogP contribution >= 0.6 is 0 Å². The second kappa shape index (κ2) is 7.72. The van der Waals surface area contributed by atoms with E-state index < -0.39 is 0 Å². The predicted octanol–water partition coefficient (Wildman–Crippen LogP) is 0.0264. The van der Waals surface area contributed by atoms with Crippen LogP contribution < -0.4 is 5.73 Å². The Balaban J connectivity index is 3.55. The molecule has 66 valence electrons. The van der Waals surface area contributed by atoms with E-state index in [-0.39, 0.29) is 13.2 Å². The van der Waals surface area contributed by atoms with E-state index in [1.54, 1.807) is 0 Å².